The van der Waals surface area contributed by atoms with Crippen molar-refractivity contribution in [1.82, 2.24) is 0 Å². The molecule has 156 valence electrons. The number of carbonyl (C=O) groups is 1. The van der Waals surface area contributed by atoms with E-state index in [9.17, 15) is 4.79 Å². The van der Waals surface area contributed by atoms with Crippen molar-refractivity contribution >= 4 is 6.29 Å². The van der Waals surface area contributed by atoms with E-state index >= 15 is 0 Å². The average Bonchev–Trinajstić information content (AvgIpc) is 3.13. The lowest BCUT2D eigenvalue weighted by atomic mass is 9.62. The molecule has 2 aromatic rings. The van der Waals surface area contributed by atoms with E-state index in [-0.39, 0.29) is 16.7 Å². The number of benzene rings is 1. The third-order valence-corrected chi connectivity index (χ3v) is 7.07. The molecule has 4 rings (SSSR count). The second-order valence-corrected chi connectivity index (χ2v) is 10.1. The Morgan fingerprint density at radius 1 is 1.07 bits per heavy atom. The van der Waals surface area contributed by atoms with Crippen LogP contribution in [0.15, 0.2) is 22.6 Å². The summed E-state index contributed by atoms with van der Waals surface area (Å²) in [5.41, 5.74) is 5.64. The molecule has 0 fully saturated rings. The fraction of sp³-hybridized carbons (Fsp3) is 0.577. The van der Waals surface area contributed by atoms with E-state index in [1.54, 1.807) is 0 Å². The summed E-state index contributed by atoms with van der Waals surface area (Å²) in [7, 11) is 0. The third kappa shape index (κ3) is 3.53. The number of ether oxygens (including phenoxy) is 1. The molecule has 0 radical (unpaired) electrons. The molecule has 1 atom stereocenters. The maximum absolute atomic E-state index is 11.3. The van der Waals surface area contributed by atoms with E-state index in [0.29, 0.717) is 5.76 Å². The first kappa shape index (κ1) is 20.3. The van der Waals surface area contributed by atoms with Crippen LogP contribution in [0.2, 0.25) is 0 Å². The van der Waals surface area contributed by atoms with E-state index in [1.165, 1.54) is 35.1 Å². The lowest BCUT2D eigenvalue weighted by Crippen LogP contribution is -2.34. The van der Waals surface area contributed by atoms with Crippen LogP contribution in [0.3, 0.4) is 0 Å². The molecular weight excluding hydrogens is 360 g/mol. The van der Waals surface area contributed by atoms with E-state index in [2.05, 4.69) is 46.8 Å². The molecule has 1 heterocycles. The van der Waals surface area contributed by atoms with Crippen molar-refractivity contribution in [3.8, 4) is 5.75 Å². The molecule has 1 aromatic heterocycles. The van der Waals surface area contributed by atoms with Gasteiger partial charge in [-0.1, -0.05) is 40.7 Å². The van der Waals surface area contributed by atoms with Crippen molar-refractivity contribution in [2.75, 3.05) is 6.61 Å². The molecule has 0 bridgehead atoms. The lowest BCUT2D eigenvalue weighted by Gasteiger charge is -2.43. The number of aryl methyl sites for hydroxylation is 1. The van der Waals surface area contributed by atoms with E-state index < -0.39 is 0 Å². The van der Waals surface area contributed by atoms with Gasteiger partial charge in [-0.2, -0.15) is 0 Å². The smallest absolute Gasteiger partial charge is 0.185 e. The van der Waals surface area contributed by atoms with Crippen molar-refractivity contribution in [1.29, 1.82) is 0 Å². The van der Waals surface area contributed by atoms with Gasteiger partial charge in [-0.3, -0.25) is 4.79 Å². The van der Waals surface area contributed by atoms with Gasteiger partial charge in [0.15, 0.2) is 12.0 Å². The van der Waals surface area contributed by atoms with Gasteiger partial charge < -0.3 is 9.15 Å². The minimum absolute atomic E-state index is 0.157. The summed E-state index contributed by atoms with van der Waals surface area (Å²) in [6, 6.07) is 6.70. The van der Waals surface area contributed by atoms with Gasteiger partial charge in [-0.15, -0.1) is 0 Å². The zero-order valence-corrected chi connectivity index (χ0v) is 18.6. The minimum Gasteiger partial charge on any atom is -0.493 e. The molecule has 0 saturated heterocycles. The van der Waals surface area contributed by atoms with Crippen LogP contribution in [0, 0.1) is 0 Å². The van der Waals surface area contributed by atoms with Crippen LogP contribution in [0.4, 0.5) is 0 Å². The molecule has 29 heavy (non-hydrogen) atoms. The molecule has 2 aliphatic rings. The third-order valence-electron chi connectivity index (χ3n) is 7.07. The quantitative estimate of drug-likeness (QED) is 0.530. The number of hydrogen-bond donors (Lipinski definition) is 0. The highest BCUT2D eigenvalue weighted by molar-refractivity contribution is 5.71. The Morgan fingerprint density at radius 2 is 1.76 bits per heavy atom. The predicted molar refractivity (Wildman–Crippen MR) is 116 cm³/mol. The Hall–Kier alpha value is -2.03. The highest BCUT2D eigenvalue weighted by Crippen LogP contribution is 2.50. The SMILES string of the molecule is CCCOc1cc2c(cc1C1CCCc3oc(C=O)cc31)C(C)(C)CCC2(C)C. The van der Waals surface area contributed by atoms with Crippen molar-refractivity contribution in [2.24, 2.45) is 0 Å². The Bertz CT molecular complexity index is 916. The first-order valence-electron chi connectivity index (χ1n) is 11.2. The zero-order chi connectivity index (χ0) is 20.8. The molecule has 1 unspecified atom stereocenters. The number of furan rings is 1. The zero-order valence-electron chi connectivity index (χ0n) is 18.6. The van der Waals surface area contributed by atoms with E-state index in [0.717, 1.165) is 50.1 Å². The van der Waals surface area contributed by atoms with Gasteiger partial charge >= 0.3 is 0 Å². The molecule has 0 N–H and O–H groups in total. The maximum Gasteiger partial charge on any atom is 0.185 e. The van der Waals surface area contributed by atoms with Gasteiger partial charge in [0.2, 0.25) is 0 Å². The molecule has 1 aromatic carbocycles. The first-order valence-corrected chi connectivity index (χ1v) is 11.2. The summed E-state index contributed by atoms with van der Waals surface area (Å²) in [4.78, 5) is 11.3. The van der Waals surface area contributed by atoms with Gasteiger partial charge in [0.25, 0.3) is 0 Å². The van der Waals surface area contributed by atoms with Crippen LogP contribution in [-0.4, -0.2) is 12.9 Å². The van der Waals surface area contributed by atoms with Gasteiger partial charge in [0.05, 0.1) is 6.61 Å². The van der Waals surface area contributed by atoms with Gasteiger partial charge in [-0.05, 0) is 66.2 Å². The highest BCUT2D eigenvalue weighted by Gasteiger charge is 2.39. The highest BCUT2D eigenvalue weighted by atomic mass is 16.5. The second-order valence-electron chi connectivity index (χ2n) is 10.1. The average molecular weight is 395 g/mol. The summed E-state index contributed by atoms with van der Waals surface area (Å²) < 4.78 is 12.1. The van der Waals surface area contributed by atoms with Crippen LogP contribution >= 0.6 is 0 Å². The van der Waals surface area contributed by atoms with Crippen LogP contribution < -0.4 is 4.74 Å². The van der Waals surface area contributed by atoms with Gasteiger partial charge in [-0.25, -0.2) is 0 Å². The van der Waals surface area contributed by atoms with Crippen molar-refractivity contribution in [2.45, 2.75) is 89.9 Å². The molecule has 0 amide bonds. The van der Waals surface area contributed by atoms with Crippen molar-refractivity contribution < 1.29 is 13.9 Å². The minimum atomic E-state index is 0.157. The maximum atomic E-state index is 11.3. The fourth-order valence-electron chi connectivity index (χ4n) is 5.18. The normalized spacial score (nSPS) is 21.9. The molecule has 3 heteroatoms. The summed E-state index contributed by atoms with van der Waals surface area (Å²) in [5.74, 6) is 2.66. The van der Waals surface area contributed by atoms with Crippen molar-refractivity contribution in [3.05, 3.63) is 52.0 Å². The number of hydrogen-bond acceptors (Lipinski definition) is 3. The topological polar surface area (TPSA) is 39.4 Å². The number of rotatable bonds is 5. The molecule has 3 nitrogen and oxygen atoms in total. The predicted octanol–water partition coefficient (Wildman–Crippen LogP) is 6.70. The first-order chi connectivity index (χ1) is 13.8. The molecular formula is C26H34O3. The summed E-state index contributed by atoms with van der Waals surface area (Å²) >= 11 is 0. The lowest BCUT2D eigenvalue weighted by molar-refractivity contribution is 0.109. The summed E-state index contributed by atoms with van der Waals surface area (Å²) in [5, 5.41) is 0. The molecule has 2 aliphatic carbocycles. The van der Waals surface area contributed by atoms with Crippen LogP contribution in [0.5, 0.6) is 5.75 Å². The Balaban J connectivity index is 1.89. The Kier molecular flexibility index (Phi) is 5.13. The molecule has 0 spiro atoms. The van der Waals surface area contributed by atoms with Gasteiger partial charge in [0.1, 0.15) is 11.5 Å². The van der Waals surface area contributed by atoms with E-state index in [4.69, 9.17) is 9.15 Å². The largest absolute Gasteiger partial charge is 0.493 e. The Labute approximate surface area is 174 Å². The molecule has 0 aliphatic heterocycles. The number of carbonyl (C=O) groups excluding carboxylic acids is 1. The van der Waals surface area contributed by atoms with Crippen LogP contribution in [0.25, 0.3) is 0 Å². The monoisotopic (exact) mass is 394 g/mol. The fourth-order valence-corrected chi connectivity index (χ4v) is 5.18. The van der Waals surface area contributed by atoms with Gasteiger partial charge in [0, 0.05) is 23.5 Å². The summed E-state index contributed by atoms with van der Waals surface area (Å²) in [6.07, 6.45) is 7.24. The number of aldehydes is 1. The van der Waals surface area contributed by atoms with E-state index in [1.807, 2.05) is 6.07 Å². The number of fused-ring (bicyclic) bond motifs is 2. The second kappa shape index (κ2) is 7.34. The standard InChI is InChI=1S/C26H34O3/c1-6-12-28-24-15-22-21(25(2,3)10-11-26(22,4)5)14-20(24)18-8-7-9-23-19(18)13-17(16-27)29-23/h13-16,18H,6-12H2,1-5H3. The van der Waals surface area contributed by atoms with Crippen LogP contribution in [0.1, 0.15) is 111 Å². The van der Waals surface area contributed by atoms with Crippen molar-refractivity contribution in [3.63, 3.8) is 0 Å². The molecule has 0 saturated carbocycles. The van der Waals surface area contributed by atoms with Crippen LogP contribution in [-0.2, 0) is 17.3 Å². The summed E-state index contributed by atoms with van der Waals surface area (Å²) in [6.45, 7) is 12.3. The Morgan fingerprint density at radius 3 is 2.41 bits per heavy atom.